The molecule has 2 N–H and O–H groups in total. The molecule has 1 saturated heterocycles. The average molecular weight is 575 g/mol. The molecule has 0 radical (unpaired) electrons. The number of anilines is 2. The van der Waals surface area contributed by atoms with Crippen LogP contribution < -0.4 is 15.4 Å². The number of methoxy groups -OCH3 is 1. The number of fused-ring (bicyclic) bond motifs is 1. The molecule has 2 heterocycles. The number of para-hydroxylation sites is 2. The molecule has 1 atom stereocenters. The first-order valence-corrected chi connectivity index (χ1v) is 12.1. The van der Waals surface area contributed by atoms with E-state index in [4.69, 9.17) is 10.5 Å². The fourth-order valence-electron chi connectivity index (χ4n) is 4.83. The number of rotatable bonds is 8. The third-order valence-corrected chi connectivity index (χ3v) is 7.41. The summed E-state index contributed by atoms with van der Waals surface area (Å²) in [6, 6.07) is 8.99. The average Bonchev–Trinajstić information content (AvgIpc) is 3.16. The van der Waals surface area contributed by atoms with Crippen LogP contribution in [0.3, 0.4) is 0 Å². The number of nitrogens with two attached hydrogens (primary N) is 1. The number of piperazine rings is 1. The normalized spacial score (nSPS) is 17.5. The zero-order valence-electron chi connectivity index (χ0n) is 20.0. The van der Waals surface area contributed by atoms with Gasteiger partial charge in [-0.25, -0.2) is 4.98 Å². The summed E-state index contributed by atoms with van der Waals surface area (Å²) in [7, 11) is 1.76. The van der Waals surface area contributed by atoms with Crippen LogP contribution in [0, 0.1) is 0 Å². The van der Waals surface area contributed by atoms with Gasteiger partial charge in [0, 0.05) is 50.2 Å². The van der Waals surface area contributed by atoms with Crippen LogP contribution in [0.1, 0.15) is 30.3 Å². The Balaban J connectivity index is 0.00000272. The van der Waals surface area contributed by atoms with E-state index in [1.807, 2.05) is 6.07 Å². The lowest BCUT2D eigenvalue weighted by atomic mass is 9.96. The zero-order valence-corrected chi connectivity index (χ0v) is 24.1. The first-order chi connectivity index (χ1) is 14.7. The molecule has 4 rings (SSSR count). The first-order valence-electron chi connectivity index (χ1n) is 11.3. The molecule has 0 unspecified atom stereocenters. The number of aromatic nitrogens is 1. The minimum Gasteiger partial charge on any atom is -0.495 e. The van der Waals surface area contributed by atoms with E-state index in [-0.39, 0.29) is 49.6 Å². The van der Waals surface area contributed by atoms with E-state index in [0.717, 1.165) is 63.0 Å². The van der Waals surface area contributed by atoms with Crippen molar-refractivity contribution in [3.8, 4) is 5.75 Å². The number of hydrogen-bond acceptors (Lipinski definition) is 7. The molecular formula is C23H39Cl4N5OS. The van der Waals surface area contributed by atoms with E-state index in [0.29, 0.717) is 6.04 Å². The summed E-state index contributed by atoms with van der Waals surface area (Å²) >= 11 is 1.69. The third kappa shape index (κ3) is 8.19. The van der Waals surface area contributed by atoms with Gasteiger partial charge in [-0.05, 0) is 44.4 Å². The van der Waals surface area contributed by atoms with Crippen LogP contribution in [0.5, 0.6) is 5.75 Å². The highest BCUT2D eigenvalue weighted by Crippen LogP contribution is 2.31. The minimum absolute atomic E-state index is 0. The van der Waals surface area contributed by atoms with Crippen molar-refractivity contribution >= 4 is 71.8 Å². The Morgan fingerprint density at radius 2 is 1.79 bits per heavy atom. The van der Waals surface area contributed by atoms with Crippen molar-refractivity contribution in [3.05, 3.63) is 34.8 Å². The molecule has 1 aromatic heterocycles. The maximum absolute atomic E-state index is 5.94. The summed E-state index contributed by atoms with van der Waals surface area (Å²) < 4.78 is 5.55. The maximum Gasteiger partial charge on any atom is 0.180 e. The molecule has 196 valence electrons. The fourth-order valence-corrected chi connectivity index (χ4v) is 5.78. The highest BCUT2D eigenvalue weighted by molar-refractivity contribution is 7.15. The molecule has 2 aliphatic rings. The van der Waals surface area contributed by atoms with E-state index >= 15 is 0 Å². The lowest BCUT2D eigenvalue weighted by molar-refractivity contribution is 0.146. The van der Waals surface area contributed by atoms with E-state index in [1.54, 1.807) is 18.4 Å². The van der Waals surface area contributed by atoms with E-state index in [2.05, 4.69) is 44.8 Å². The number of nitrogens with zero attached hydrogens (tertiary/aromatic N) is 4. The van der Waals surface area contributed by atoms with Crippen molar-refractivity contribution in [3.63, 3.8) is 0 Å². The second-order valence-corrected chi connectivity index (χ2v) is 9.47. The molecule has 2 aromatic rings. The first kappa shape index (κ1) is 33.3. The van der Waals surface area contributed by atoms with Gasteiger partial charge in [0.1, 0.15) is 5.75 Å². The summed E-state index contributed by atoms with van der Waals surface area (Å²) in [5.41, 5.74) is 8.41. The van der Waals surface area contributed by atoms with E-state index in [1.165, 1.54) is 35.6 Å². The van der Waals surface area contributed by atoms with Gasteiger partial charge in [0.15, 0.2) is 5.13 Å². The van der Waals surface area contributed by atoms with Gasteiger partial charge in [0.25, 0.3) is 0 Å². The summed E-state index contributed by atoms with van der Waals surface area (Å²) in [6.07, 6.45) is 4.60. The van der Waals surface area contributed by atoms with Crippen molar-refractivity contribution in [2.24, 2.45) is 0 Å². The van der Waals surface area contributed by atoms with Gasteiger partial charge in [0.2, 0.25) is 0 Å². The summed E-state index contributed by atoms with van der Waals surface area (Å²) in [5, 5.41) is 0.732. The van der Waals surface area contributed by atoms with Crippen molar-refractivity contribution in [1.82, 2.24) is 14.8 Å². The van der Waals surface area contributed by atoms with Crippen molar-refractivity contribution in [2.45, 2.75) is 38.6 Å². The quantitative estimate of drug-likeness (QED) is 0.488. The fraction of sp³-hybridized carbons (Fsp3) is 0.609. The minimum atomic E-state index is 0. The van der Waals surface area contributed by atoms with Crippen LogP contribution in [0.25, 0.3) is 0 Å². The standard InChI is InChI=1S/C23H35N5OS.4ClH/c1-3-10-27(18-8-9-19-22(17-18)30-23(24)25-19)14-11-26-12-15-28(16-13-26)20-6-4-5-7-21(20)29-2;;;;/h4-7,18H,3,8-17H2,1-2H3,(H2,24,25);4*1H/t18-;;;;/m0..../s1. The molecule has 0 bridgehead atoms. The zero-order chi connectivity index (χ0) is 20.9. The second-order valence-electron chi connectivity index (χ2n) is 8.36. The Labute approximate surface area is 233 Å². The van der Waals surface area contributed by atoms with Gasteiger partial charge >= 0.3 is 0 Å². The number of hydrogen-bond donors (Lipinski definition) is 1. The van der Waals surface area contributed by atoms with Crippen molar-refractivity contribution in [2.75, 3.05) is 63.6 Å². The predicted octanol–water partition coefficient (Wildman–Crippen LogP) is 4.81. The number of halogens is 4. The van der Waals surface area contributed by atoms with Crippen LogP contribution in [0.15, 0.2) is 24.3 Å². The topological polar surface area (TPSA) is 57.9 Å². The third-order valence-electron chi connectivity index (χ3n) is 6.46. The van der Waals surface area contributed by atoms with E-state index < -0.39 is 0 Å². The van der Waals surface area contributed by atoms with Gasteiger partial charge in [-0.1, -0.05) is 19.1 Å². The molecule has 34 heavy (non-hydrogen) atoms. The predicted molar refractivity (Wildman–Crippen MR) is 155 cm³/mol. The van der Waals surface area contributed by atoms with Gasteiger partial charge in [-0.15, -0.1) is 61.0 Å². The molecule has 0 amide bonds. The Bertz CT molecular complexity index is 835. The molecule has 1 fully saturated rings. The summed E-state index contributed by atoms with van der Waals surface area (Å²) in [5.74, 6) is 0.973. The second kappa shape index (κ2) is 16.1. The summed E-state index contributed by atoms with van der Waals surface area (Å²) in [4.78, 5) is 13.7. The number of thiazole rings is 1. The highest BCUT2D eigenvalue weighted by Gasteiger charge is 2.27. The van der Waals surface area contributed by atoms with Crippen LogP contribution in [-0.4, -0.2) is 73.7 Å². The number of benzene rings is 1. The largest absolute Gasteiger partial charge is 0.495 e. The Kier molecular flexibility index (Phi) is 15.8. The highest BCUT2D eigenvalue weighted by atomic mass is 35.5. The van der Waals surface area contributed by atoms with Crippen LogP contribution in [0.4, 0.5) is 10.8 Å². The molecule has 11 heteroatoms. The molecule has 0 saturated carbocycles. The Morgan fingerprint density at radius 1 is 1.09 bits per heavy atom. The SMILES string of the molecule is CCCN(CCN1CCN(c2ccccc2OC)CC1)[C@H]1CCc2nc(N)sc2C1.Cl.Cl.Cl.Cl. The monoisotopic (exact) mass is 573 g/mol. The van der Waals surface area contributed by atoms with Crippen molar-refractivity contribution in [1.29, 1.82) is 0 Å². The maximum atomic E-state index is 5.94. The molecular weight excluding hydrogens is 536 g/mol. The Hall–Kier alpha value is -0.670. The van der Waals surface area contributed by atoms with Gasteiger partial charge in [0.05, 0.1) is 18.5 Å². The van der Waals surface area contributed by atoms with Crippen LogP contribution >= 0.6 is 61.0 Å². The van der Waals surface area contributed by atoms with Crippen LogP contribution in [-0.2, 0) is 12.8 Å². The molecule has 1 aromatic carbocycles. The van der Waals surface area contributed by atoms with Crippen LogP contribution in [0.2, 0.25) is 0 Å². The smallest absolute Gasteiger partial charge is 0.180 e. The lowest BCUT2D eigenvalue weighted by Crippen LogP contribution is -2.50. The molecule has 6 nitrogen and oxygen atoms in total. The van der Waals surface area contributed by atoms with Gasteiger partial charge < -0.3 is 15.4 Å². The number of aryl methyl sites for hydroxylation is 1. The summed E-state index contributed by atoms with van der Waals surface area (Å²) in [6.45, 7) is 10.1. The van der Waals surface area contributed by atoms with Crippen molar-refractivity contribution < 1.29 is 4.74 Å². The van der Waals surface area contributed by atoms with Gasteiger partial charge in [-0.3, -0.25) is 9.80 Å². The lowest BCUT2D eigenvalue weighted by Gasteiger charge is -2.39. The molecule has 0 spiro atoms. The Morgan fingerprint density at radius 3 is 2.47 bits per heavy atom. The number of nitrogen functional groups attached to an aromatic ring is 1. The number of ether oxygens (including phenoxy) is 1. The van der Waals surface area contributed by atoms with E-state index in [9.17, 15) is 0 Å². The molecule has 1 aliphatic carbocycles. The van der Waals surface area contributed by atoms with Gasteiger partial charge in [-0.2, -0.15) is 0 Å². The molecule has 1 aliphatic heterocycles.